The molecule has 1 N–H and O–H groups in total. The SMILES string of the molecule is CCN(Cc1cccc(Cl)c1)C(=O)CCCNC(=O)c1ccsc1. The summed E-state index contributed by atoms with van der Waals surface area (Å²) in [6, 6.07) is 9.33. The number of nitrogens with zero attached hydrogens (tertiary/aromatic N) is 1. The van der Waals surface area contributed by atoms with Crippen LogP contribution in [0.1, 0.15) is 35.7 Å². The molecule has 0 saturated carbocycles. The molecule has 2 amide bonds. The Morgan fingerprint density at radius 2 is 2.12 bits per heavy atom. The zero-order chi connectivity index (χ0) is 17.4. The fourth-order valence-corrected chi connectivity index (χ4v) is 3.18. The number of nitrogens with one attached hydrogen (secondary N) is 1. The van der Waals surface area contributed by atoms with Gasteiger partial charge in [0.1, 0.15) is 0 Å². The number of benzene rings is 1. The van der Waals surface area contributed by atoms with E-state index >= 15 is 0 Å². The summed E-state index contributed by atoms with van der Waals surface area (Å²) in [6.45, 7) is 3.65. The molecule has 1 aromatic heterocycles. The van der Waals surface area contributed by atoms with Crippen molar-refractivity contribution < 1.29 is 9.59 Å². The summed E-state index contributed by atoms with van der Waals surface area (Å²) < 4.78 is 0. The van der Waals surface area contributed by atoms with Crippen molar-refractivity contribution in [3.05, 3.63) is 57.2 Å². The third kappa shape index (κ3) is 5.65. The molecule has 2 aromatic rings. The van der Waals surface area contributed by atoms with Crippen molar-refractivity contribution >= 4 is 34.8 Å². The average molecular weight is 365 g/mol. The molecule has 128 valence electrons. The van der Waals surface area contributed by atoms with E-state index in [4.69, 9.17) is 11.6 Å². The Hall–Kier alpha value is -1.85. The first-order chi connectivity index (χ1) is 11.6. The van der Waals surface area contributed by atoms with E-state index < -0.39 is 0 Å². The summed E-state index contributed by atoms with van der Waals surface area (Å²) >= 11 is 7.47. The van der Waals surface area contributed by atoms with Crippen LogP contribution in [-0.4, -0.2) is 29.8 Å². The Kier molecular flexibility index (Phi) is 7.28. The van der Waals surface area contributed by atoms with Gasteiger partial charge in [-0.1, -0.05) is 23.7 Å². The van der Waals surface area contributed by atoms with Crippen LogP contribution in [0.4, 0.5) is 0 Å². The molecule has 4 nitrogen and oxygen atoms in total. The maximum atomic E-state index is 12.3. The minimum atomic E-state index is -0.0880. The minimum absolute atomic E-state index is 0.0854. The molecule has 2 rings (SSSR count). The summed E-state index contributed by atoms with van der Waals surface area (Å²) in [6.07, 6.45) is 1.04. The van der Waals surface area contributed by atoms with E-state index in [-0.39, 0.29) is 11.8 Å². The Bertz CT molecular complexity index is 673. The van der Waals surface area contributed by atoms with Crippen LogP contribution in [0.5, 0.6) is 0 Å². The van der Waals surface area contributed by atoms with Gasteiger partial charge in [-0.2, -0.15) is 11.3 Å². The van der Waals surface area contributed by atoms with Gasteiger partial charge < -0.3 is 10.2 Å². The number of halogens is 1. The van der Waals surface area contributed by atoms with Gasteiger partial charge in [-0.3, -0.25) is 9.59 Å². The number of thiophene rings is 1. The van der Waals surface area contributed by atoms with Crippen LogP contribution in [0.15, 0.2) is 41.1 Å². The third-order valence-corrected chi connectivity index (χ3v) is 4.55. The Labute approximate surface area is 151 Å². The second-order valence-corrected chi connectivity index (χ2v) is 6.63. The van der Waals surface area contributed by atoms with E-state index in [1.807, 2.05) is 41.9 Å². The van der Waals surface area contributed by atoms with Crippen LogP contribution in [-0.2, 0) is 11.3 Å². The Morgan fingerprint density at radius 3 is 2.79 bits per heavy atom. The summed E-state index contributed by atoms with van der Waals surface area (Å²) in [5.41, 5.74) is 1.69. The van der Waals surface area contributed by atoms with Crippen molar-refractivity contribution in [1.82, 2.24) is 10.2 Å². The normalized spacial score (nSPS) is 10.4. The first kappa shape index (κ1) is 18.5. The van der Waals surface area contributed by atoms with Crippen LogP contribution in [0, 0.1) is 0 Å². The molecule has 6 heteroatoms. The molecular weight excluding hydrogens is 344 g/mol. The molecule has 0 saturated heterocycles. The van der Waals surface area contributed by atoms with Crippen LogP contribution in [0.3, 0.4) is 0 Å². The number of carbonyl (C=O) groups is 2. The molecule has 0 bridgehead atoms. The van der Waals surface area contributed by atoms with E-state index in [9.17, 15) is 9.59 Å². The molecule has 0 atom stereocenters. The molecule has 0 aliphatic carbocycles. The minimum Gasteiger partial charge on any atom is -0.352 e. The van der Waals surface area contributed by atoms with Gasteiger partial charge in [0.05, 0.1) is 0 Å². The number of carbonyl (C=O) groups excluding carboxylic acids is 2. The van der Waals surface area contributed by atoms with E-state index in [1.165, 1.54) is 11.3 Å². The summed E-state index contributed by atoms with van der Waals surface area (Å²) in [7, 11) is 0. The predicted octanol–water partition coefficient (Wildman–Crippen LogP) is 3.96. The number of hydrogen-bond acceptors (Lipinski definition) is 3. The van der Waals surface area contributed by atoms with Gasteiger partial charge in [-0.05, 0) is 42.5 Å². The Balaban J connectivity index is 1.74. The molecule has 0 unspecified atom stereocenters. The highest BCUT2D eigenvalue weighted by Gasteiger charge is 2.12. The molecule has 0 fully saturated rings. The lowest BCUT2D eigenvalue weighted by molar-refractivity contribution is -0.131. The summed E-state index contributed by atoms with van der Waals surface area (Å²) in [5.74, 6) is -0.00256. The molecule has 1 aromatic carbocycles. The first-order valence-corrected chi connectivity index (χ1v) is 9.25. The zero-order valence-corrected chi connectivity index (χ0v) is 15.2. The molecule has 24 heavy (non-hydrogen) atoms. The van der Waals surface area contributed by atoms with Crippen molar-refractivity contribution in [1.29, 1.82) is 0 Å². The lowest BCUT2D eigenvalue weighted by Gasteiger charge is -2.21. The Morgan fingerprint density at radius 1 is 1.29 bits per heavy atom. The summed E-state index contributed by atoms with van der Waals surface area (Å²) in [5, 5.41) is 7.19. The van der Waals surface area contributed by atoms with E-state index in [1.54, 1.807) is 11.0 Å². The number of hydrogen-bond donors (Lipinski definition) is 1. The van der Waals surface area contributed by atoms with E-state index in [0.29, 0.717) is 43.1 Å². The first-order valence-electron chi connectivity index (χ1n) is 7.92. The number of amides is 2. The molecule has 0 aliphatic heterocycles. The van der Waals surface area contributed by atoms with Gasteiger partial charge in [-0.25, -0.2) is 0 Å². The zero-order valence-electron chi connectivity index (χ0n) is 13.6. The lowest BCUT2D eigenvalue weighted by atomic mass is 10.2. The quantitative estimate of drug-likeness (QED) is 0.721. The van der Waals surface area contributed by atoms with Crippen LogP contribution >= 0.6 is 22.9 Å². The molecule has 1 heterocycles. The second kappa shape index (κ2) is 9.45. The highest BCUT2D eigenvalue weighted by molar-refractivity contribution is 7.08. The summed E-state index contributed by atoms with van der Waals surface area (Å²) in [4.78, 5) is 25.9. The topological polar surface area (TPSA) is 49.4 Å². The van der Waals surface area contributed by atoms with Crippen LogP contribution in [0.25, 0.3) is 0 Å². The molecule has 0 spiro atoms. The van der Waals surface area contributed by atoms with Gasteiger partial charge in [0.25, 0.3) is 5.91 Å². The van der Waals surface area contributed by atoms with Gasteiger partial charge in [0.2, 0.25) is 5.91 Å². The monoisotopic (exact) mass is 364 g/mol. The van der Waals surface area contributed by atoms with Gasteiger partial charge in [0, 0.05) is 42.0 Å². The lowest BCUT2D eigenvalue weighted by Crippen LogP contribution is -2.31. The highest BCUT2D eigenvalue weighted by Crippen LogP contribution is 2.13. The standard InChI is InChI=1S/C18H21ClN2O2S/c1-2-21(12-14-5-3-6-16(19)11-14)17(22)7-4-9-20-18(23)15-8-10-24-13-15/h3,5-6,8,10-11,13H,2,4,7,9,12H2,1H3,(H,20,23). The second-order valence-electron chi connectivity index (χ2n) is 5.41. The number of rotatable bonds is 8. The fourth-order valence-electron chi connectivity index (χ4n) is 2.33. The van der Waals surface area contributed by atoms with E-state index in [2.05, 4.69) is 5.32 Å². The maximum Gasteiger partial charge on any atom is 0.252 e. The van der Waals surface area contributed by atoms with Crippen molar-refractivity contribution in [3.63, 3.8) is 0 Å². The maximum absolute atomic E-state index is 12.3. The fraction of sp³-hybridized carbons (Fsp3) is 0.333. The van der Waals surface area contributed by atoms with Crippen molar-refractivity contribution in [2.24, 2.45) is 0 Å². The van der Waals surface area contributed by atoms with Gasteiger partial charge in [-0.15, -0.1) is 0 Å². The van der Waals surface area contributed by atoms with Gasteiger partial charge in [0.15, 0.2) is 0 Å². The van der Waals surface area contributed by atoms with Crippen molar-refractivity contribution in [3.8, 4) is 0 Å². The van der Waals surface area contributed by atoms with Crippen molar-refractivity contribution in [2.45, 2.75) is 26.3 Å². The highest BCUT2D eigenvalue weighted by atomic mass is 35.5. The molecule has 0 radical (unpaired) electrons. The van der Waals surface area contributed by atoms with Crippen molar-refractivity contribution in [2.75, 3.05) is 13.1 Å². The smallest absolute Gasteiger partial charge is 0.252 e. The molecule has 0 aliphatic rings. The predicted molar refractivity (Wildman–Crippen MR) is 98.4 cm³/mol. The van der Waals surface area contributed by atoms with Crippen LogP contribution < -0.4 is 5.32 Å². The largest absolute Gasteiger partial charge is 0.352 e. The van der Waals surface area contributed by atoms with E-state index in [0.717, 1.165) is 5.56 Å². The average Bonchev–Trinajstić information content (AvgIpc) is 3.11. The third-order valence-electron chi connectivity index (χ3n) is 3.63. The van der Waals surface area contributed by atoms with Crippen LogP contribution in [0.2, 0.25) is 5.02 Å². The molecular formula is C18H21ClN2O2S. The van der Waals surface area contributed by atoms with Gasteiger partial charge >= 0.3 is 0 Å².